The number of ether oxygens (including phenoxy) is 1. The van der Waals surface area contributed by atoms with E-state index in [2.05, 4.69) is 0 Å². The van der Waals surface area contributed by atoms with Crippen LogP contribution in [0, 0.1) is 6.92 Å². The summed E-state index contributed by atoms with van der Waals surface area (Å²) in [5, 5.41) is 0. The van der Waals surface area contributed by atoms with Crippen LogP contribution < -0.4 is 4.74 Å². The number of carbonyl (C=O) groups is 1. The van der Waals surface area contributed by atoms with Gasteiger partial charge in [-0.15, -0.1) is 0 Å². The van der Waals surface area contributed by atoms with Gasteiger partial charge in [0, 0.05) is 13.6 Å². The Morgan fingerprint density at radius 2 is 1.73 bits per heavy atom. The third-order valence-electron chi connectivity index (χ3n) is 5.66. The smallest absolute Gasteiger partial charge is 0.243 e. The van der Waals surface area contributed by atoms with Gasteiger partial charge in [-0.25, -0.2) is 8.42 Å². The van der Waals surface area contributed by atoms with Crippen molar-refractivity contribution in [2.24, 2.45) is 0 Å². The van der Waals surface area contributed by atoms with E-state index in [0.29, 0.717) is 6.54 Å². The highest BCUT2D eigenvalue weighted by Gasteiger charge is 2.30. The van der Waals surface area contributed by atoms with Crippen LogP contribution in [-0.2, 0) is 14.8 Å². The lowest BCUT2D eigenvalue weighted by molar-refractivity contribution is -0.133. The molecule has 0 saturated carbocycles. The van der Waals surface area contributed by atoms with E-state index in [0.717, 1.165) is 46.9 Å². The zero-order valence-electron chi connectivity index (χ0n) is 17.9. The van der Waals surface area contributed by atoms with Gasteiger partial charge in [0.05, 0.1) is 24.6 Å². The molecule has 3 rings (SSSR count). The average molecular weight is 431 g/mol. The van der Waals surface area contributed by atoms with Crippen LogP contribution in [0.3, 0.4) is 0 Å². The molecule has 1 amide bonds. The lowest BCUT2D eigenvalue weighted by Crippen LogP contribution is -2.42. The maximum absolute atomic E-state index is 13.2. The minimum absolute atomic E-state index is 0.0543. The first-order valence-electron chi connectivity index (χ1n) is 10.3. The van der Waals surface area contributed by atoms with Gasteiger partial charge in [-0.3, -0.25) is 4.79 Å². The molecule has 0 bridgehead atoms. The van der Waals surface area contributed by atoms with Crippen LogP contribution in [0.4, 0.5) is 0 Å². The molecule has 7 heteroatoms. The molecule has 2 aromatic rings. The number of nitrogens with zero attached hydrogens (tertiary/aromatic N) is 2. The minimum atomic E-state index is -3.72. The summed E-state index contributed by atoms with van der Waals surface area (Å²) < 4.78 is 32.2. The quantitative estimate of drug-likeness (QED) is 0.700. The van der Waals surface area contributed by atoms with Crippen LogP contribution in [0.15, 0.2) is 53.4 Å². The Balaban J connectivity index is 1.78. The Kier molecular flexibility index (Phi) is 7.15. The SMILES string of the molecule is COc1ccc([C@H]2CCCCCN2C(=O)CN(C)S(=O)(=O)c2ccc(C)cc2)cc1. The fourth-order valence-electron chi connectivity index (χ4n) is 3.84. The van der Waals surface area contributed by atoms with Crippen LogP contribution in [0.1, 0.15) is 42.9 Å². The van der Waals surface area contributed by atoms with Crippen molar-refractivity contribution >= 4 is 15.9 Å². The second-order valence-electron chi connectivity index (χ2n) is 7.80. The van der Waals surface area contributed by atoms with Gasteiger partial charge >= 0.3 is 0 Å². The van der Waals surface area contributed by atoms with Crippen molar-refractivity contribution in [3.05, 3.63) is 59.7 Å². The Bertz CT molecular complexity index is 956. The van der Waals surface area contributed by atoms with Gasteiger partial charge < -0.3 is 9.64 Å². The summed E-state index contributed by atoms with van der Waals surface area (Å²) in [5.74, 6) is 0.602. The van der Waals surface area contributed by atoms with Gasteiger partial charge in [-0.2, -0.15) is 4.31 Å². The zero-order chi connectivity index (χ0) is 21.7. The van der Waals surface area contributed by atoms with Crippen molar-refractivity contribution in [1.82, 2.24) is 9.21 Å². The first-order chi connectivity index (χ1) is 14.3. The molecule has 1 atom stereocenters. The van der Waals surface area contributed by atoms with Crippen molar-refractivity contribution in [2.75, 3.05) is 27.2 Å². The lowest BCUT2D eigenvalue weighted by Gasteiger charge is -2.32. The maximum Gasteiger partial charge on any atom is 0.243 e. The molecule has 30 heavy (non-hydrogen) atoms. The molecule has 2 aromatic carbocycles. The van der Waals surface area contributed by atoms with E-state index in [9.17, 15) is 13.2 Å². The molecule has 1 fully saturated rings. The number of benzene rings is 2. The number of aryl methyl sites for hydroxylation is 1. The summed E-state index contributed by atoms with van der Waals surface area (Å²) in [6.07, 6.45) is 3.89. The molecule has 0 N–H and O–H groups in total. The lowest BCUT2D eigenvalue weighted by atomic mass is 10.0. The maximum atomic E-state index is 13.2. The van der Waals surface area contributed by atoms with Crippen LogP contribution in [0.5, 0.6) is 5.75 Å². The number of likely N-dealkylation sites (tertiary alicyclic amines) is 1. The zero-order valence-corrected chi connectivity index (χ0v) is 18.7. The van der Waals surface area contributed by atoms with E-state index in [1.54, 1.807) is 31.4 Å². The van der Waals surface area contributed by atoms with E-state index in [1.165, 1.54) is 7.05 Å². The highest BCUT2D eigenvalue weighted by molar-refractivity contribution is 7.89. The summed E-state index contributed by atoms with van der Waals surface area (Å²) in [4.78, 5) is 15.2. The number of rotatable bonds is 6. The summed E-state index contributed by atoms with van der Waals surface area (Å²) in [5.41, 5.74) is 2.04. The van der Waals surface area contributed by atoms with Crippen molar-refractivity contribution < 1.29 is 17.9 Å². The molecule has 0 aliphatic carbocycles. The van der Waals surface area contributed by atoms with Crippen LogP contribution in [0.2, 0.25) is 0 Å². The van der Waals surface area contributed by atoms with Crippen LogP contribution in [0.25, 0.3) is 0 Å². The molecule has 1 heterocycles. The Morgan fingerprint density at radius 1 is 1.07 bits per heavy atom. The normalized spacial score (nSPS) is 17.6. The number of hydrogen-bond donors (Lipinski definition) is 0. The van der Waals surface area contributed by atoms with Crippen molar-refractivity contribution in [3.8, 4) is 5.75 Å². The number of sulfonamides is 1. The Hall–Kier alpha value is -2.38. The second kappa shape index (κ2) is 9.62. The van der Waals surface area contributed by atoms with Crippen molar-refractivity contribution in [1.29, 1.82) is 0 Å². The molecule has 1 aliphatic heterocycles. The number of methoxy groups -OCH3 is 1. The fourth-order valence-corrected chi connectivity index (χ4v) is 4.96. The minimum Gasteiger partial charge on any atom is -0.497 e. The van der Waals surface area contributed by atoms with E-state index in [1.807, 2.05) is 36.1 Å². The summed E-state index contributed by atoms with van der Waals surface area (Å²) in [6.45, 7) is 2.36. The largest absolute Gasteiger partial charge is 0.497 e. The van der Waals surface area contributed by atoms with Gasteiger partial charge in [0.2, 0.25) is 15.9 Å². The first kappa shape index (κ1) is 22.3. The summed E-state index contributed by atoms with van der Waals surface area (Å²) >= 11 is 0. The molecule has 1 saturated heterocycles. The molecule has 1 aliphatic rings. The molecular weight excluding hydrogens is 400 g/mol. The molecule has 0 radical (unpaired) electrons. The highest BCUT2D eigenvalue weighted by Crippen LogP contribution is 2.31. The fraction of sp³-hybridized carbons (Fsp3) is 0.435. The monoisotopic (exact) mass is 430 g/mol. The molecular formula is C23H30N2O4S. The van der Waals surface area contributed by atoms with Crippen LogP contribution in [-0.4, -0.2) is 50.8 Å². The van der Waals surface area contributed by atoms with Gasteiger partial charge in [-0.05, 0) is 49.6 Å². The number of carbonyl (C=O) groups excluding carboxylic acids is 1. The molecule has 0 unspecified atom stereocenters. The predicted molar refractivity (Wildman–Crippen MR) is 117 cm³/mol. The van der Waals surface area contributed by atoms with Gasteiger partial charge in [-0.1, -0.05) is 42.7 Å². The summed E-state index contributed by atoms with van der Waals surface area (Å²) in [7, 11) is -0.629. The van der Waals surface area contributed by atoms with Crippen LogP contribution >= 0.6 is 0 Å². The molecule has 0 aromatic heterocycles. The standard InChI is InChI=1S/C23H30N2O4S/c1-18-8-14-21(15-9-18)30(27,28)24(2)17-23(26)25-16-6-4-5-7-22(25)19-10-12-20(29-3)13-11-19/h8-15,22H,4-7,16-17H2,1-3H3/t22-/m1/s1. The Morgan fingerprint density at radius 3 is 2.37 bits per heavy atom. The highest BCUT2D eigenvalue weighted by atomic mass is 32.2. The number of amides is 1. The Labute approximate surface area is 179 Å². The first-order valence-corrected chi connectivity index (χ1v) is 11.7. The second-order valence-corrected chi connectivity index (χ2v) is 9.84. The van der Waals surface area contributed by atoms with E-state index in [4.69, 9.17) is 4.74 Å². The third kappa shape index (κ3) is 5.02. The third-order valence-corrected chi connectivity index (χ3v) is 7.48. The van der Waals surface area contributed by atoms with Gasteiger partial charge in [0.25, 0.3) is 0 Å². The summed E-state index contributed by atoms with van der Waals surface area (Å²) in [6, 6.07) is 14.4. The van der Waals surface area contributed by atoms with Crippen molar-refractivity contribution in [3.63, 3.8) is 0 Å². The average Bonchev–Trinajstić information content (AvgIpc) is 3.00. The number of likely N-dealkylation sites (N-methyl/N-ethyl adjacent to an activating group) is 1. The van der Waals surface area contributed by atoms with E-state index in [-0.39, 0.29) is 23.4 Å². The van der Waals surface area contributed by atoms with E-state index < -0.39 is 10.0 Å². The van der Waals surface area contributed by atoms with E-state index >= 15 is 0 Å². The van der Waals surface area contributed by atoms with Gasteiger partial charge in [0.15, 0.2) is 0 Å². The molecule has 0 spiro atoms. The predicted octanol–water partition coefficient (Wildman–Crippen LogP) is 3.77. The van der Waals surface area contributed by atoms with Crippen molar-refractivity contribution in [2.45, 2.75) is 43.5 Å². The number of hydrogen-bond acceptors (Lipinski definition) is 4. The molecule has 6 nitrogen and oxygen atoms in total. The topological polar surface area (TPSA) is 66.9 Å². The molecule has 162 valence electrons. The van der Waals surface area contributed by atoms with Gasteiger partial charge in [0.1, 0.15) is 5.75 Å².